The Morgan fingerprint density at radius 3 is 2.12 bits per heavy atom. The Morgan fingerprint density at radius 1 is 0.808 bits per heavy atom. The summed E-state index contributed by atoms with van der Waals surface area (Å²) in [7, 11) is 0. The number of carbonyl (C=O) groups excluding carboxylic acids is 1. The van der Waals surface area contributed by atoms with Crippen LogP contribution in [0.15, 0.2) is 78.9 Å². The maximum Gasteiger partial charge on any atom is 0.255 e. The van der Waals surface area contributed by atoms with Crippen molar-refractivity contribution in [3.63, 3.8) is 0 Å². The SMILES string of the molecule is CC(C)Oc1ccccc1NC(=O)c1ccc(Oc2ccccc2)cc1. The number of nitrogens with one attached hydrogen (secondary N) is 1. The molecule has 0 spiro atoms. The summed E-state index contributed by atoms with van der Waals surface area (Å²) < 4.78 is 11.5. The van der Waals surface area contributed by atoms with Crippen LogP contribution in [0.2, 0.25) is 0 Å². The quantitative estimate of drug-likeness (QED) is 0.639. The second-order valence-electron chi connectivity index (χ2n) is 6.06. The van der Waals surface area contributed by atoms with Gasteiger partial charge in [-0.05, 0) is 62.4 Å². The third-order valence-corrected chi connectivity index (χ3v) is 3.59. The molecular weight excluding hydrogens is 326 g/mol. The topological polar surface area (TPSA) is 47.6 Å². The molecule has 0 radical (unpaired) electrons. The first-order valence-electron chi connectivity index (χ1n) is 8.52. The van der Waals surface area contributed by atoms with Crippen LogP contribution >= 0.6 is 0 Å². The van der Waals surface area contributed by atoms with Crippen LogP contribution in [-0.2, 0) is 0 Å². The van der Waals surface area contributed by atoms with E-state index in [1.807, 2.05) is 68.4 Å². The van der Waals surface area contributed by atoms with E-state index >= 15 is 0 Å². The predicted octanol–water partition coefficient (Wildman–Crippen LogP) is 5.52. The van der Waals surface area contributed by atoms with Crippen LogP contribution in [0.4, 0.5) is 5.69 Å². The van der Waals surface area contributed by atoms with Crippen LogP contribution in [-0.4, -0.2) is 12.0 Å². The van der Waals surface area contributed by atoms with Crippen LogP contribution in [0.3, 0.4) is 0 Å². The summed E-state index contributed by atoms with van der Waals surface area (Å²) >= 11 is 0. The second kappa shape index (κ2) is 8.21. The van der Waals surface area contributed by atoms with Gasteiger partial charge in [-0.1, -0.05) is 30.3 Å². The molecule has 0 fully saturated rings. The van der Waals surface area contributed by atoms with E-state index in [0.29, 0.717) is 22.7 Å². The van der Waals surface area contributed by atoms with Crippen LogP contribution < -0.4 is 14.8 Å². The van der Waals surface area contributed by atoms with Crippen molar-refractivity contribution in [2.45, 2.75) is 20.0 Å². The molecule has 3 aromatic carbocycles. The second-order valence-corrected chi connectivity index (χ2v) is 6.06. The van der Waals surface area contributed by atoms with Crippen molar-refractivity contribution >= 4 is 11.6 Å². The Hall–Kier alpha value is -3.27. The number of carbonyl (C=O) groups is 1. The summed E-state index contributed by atoms with van der Waals surface area (Å²) in [5.41, 5.74) is 1.19. The Balaban J connectivity index is 1.69. The lowest BCUT2D eigenvalue weighted by molar-refractivity contribution is 0.102. The molecular formula is C22H21NO3. The van der Waals surface area contributed by atoms with Crippen molar-refractivity contribution in [3.05, 3.63) is 84.4 Å². The van der Waals surface area contributed by atoms with Crippen molar-refractivity contribution in [1.82, 2.24) is 0 Å². The highest BCUT2D eigenvalue weighted by atomic mass is 16.5. The molecule has 3 aromatic rings. The van der Waals surface area contributed by atoms with Crippen molar-refractivity contribution in [2.24, 2.45) is 0 Å². The zero-order valence-electron chi connectivity index (χ0n) is 14.8. The van der Waals surface area contributed by atoms with E-state index in [4.69, 9.17) is 9.47 Å². The molecule has 0 aliphatic heterocycles. The number of amides is 1. The molecule has 4 nitrogen and oxygen atoms in total. The minimum absolute atomic E-state index is 0.0301. The lowest BCUT2D eigenvalue weighted by Crippen LogP contribution is -2.14. The van der Waals surface area contributed by atoms with E-state index in [1.54, 1.807) is 24.3 Å². The van der Waals surface area contributed by atoms with Gasteiger partial charge in [0.1, 0.15) is 17.2 Å². The van der Waals surface area contributed by atoms with E-state index in [1.165, 1.54) is 0 Å². The minimum Gasteiger partial charge on any atom is -0.489 e. The van der Waals surface area contributed by atoms with E-state index in [2.05, 4.69) is 5.32 Å². The molecule has 3 rings (SSSR count). The number of anilines is 1. The van der Waals surface area contributed by atoms with E-state index in [9.17, 15) is 4.79 Å². The molecule has 0 aliphatic carbocycles. The van der Waals surface area contributed by atoms with Crippen molar-refractivity contribution in [2.75, 3.05) is 5.32 Å². The Kier molecular flexibility index (Phi) is 5.54. The molecule has 4 heteroatoms. The zero-order chi connectivity index (χ0) is 18.4. The lowest BCUT2D eigenvalue weighted by atomic mass is 10.2. The normalized spacial score (nSPS) is 10.4. The molecule has 132 valence electrons. The Labute approximate surface area is 153 Å². The third-order valence-electron chi connectivity index (χ3n) is 3.59. The molecule has 0 saturated carbocycles. The molecule has 0 saturated heterocycles. The van der Waals surface area contributed by atoms with Crippen LogP contribution in [0.25, 0.3) is 0 Å². The number of ether oxygens (including phenoxy) is 2. The van der Waals surface area contributed by atoms with Gasteiger partial charge in [-0.2, -0.15) is 0 Å². The Bertz CT molecular complexity index is 858. The van der Waals surface area contributed by atoms with Crippen LogP contribution in [0.5, 0.6) is 17.2 Å². The molecule has 0 atom stereocenters. The maximum absolute atomic E-state index is 12.5. The van der Waals surface area contributed by atoms with Crippen molar-refractivity contribution in [3.8, 4) is 17.2 Å². The first kappa shape index (κ1) is 17.5. The smallest absolute Gasteiger partial charge is 0.255 e. The summed E-state index contributed by atoms with van der Waals surface area (Å²) in [4.78, 5) is 12.5. The van der Waals surface area contributed by atoms with Gasteiger partial charge in [0.25, 0.3) is 5.91 Å². The predicted molar refractivity (Wildman–Crippen MR) is 103 cm³/mol. The fourth-order valence-electron chi connectivity index (χ4n) is 2.42. The van der Waals surface area contributed by atoms with Gasteiger partial charge in [0, 0.05) is 5.56 Å². The van der Waals surface area contributed by atoms with Gasteiger partial charge in [-0.25, -0.2) is 0 Å². The van der Waals surface area contributed by atoms with Gasteiger partial charge in [0.05, 0.1) is 11.8 Å². The van der Waals surface area contributed by atoms with Crippen LogP contribution in [0.1, 0.15) is 24.2 Å². The van der Waals surface area contributed by atoms with E-state index in [0.717, 1.165) is 5.75 Å². The number of hydrogen-bond acceptors (Lipinski definition) is 3. The average molecular weight is 347 g/mol. The molecule has 26 heavy (non-hydrogen) atoms. The Morgan fingerprint density at radius 2 is 1.42 bits per heavy atom. The fourth-order valence-corrected chi connectivity index (χ4v) is 2.42. The minimum atomic E-state index is -0.198. The lowest BCUT2D eigenvalue weighted by Gasteiger charge is -2.15. The third kappa shape index (κ3) is 4.63. The van der Waals surface area contributed by atoms with Gasteiger partial charge < -0.3 is 14.8 Å². The van der Waals surface area contributed by atoms with E-state index < -0.39 is 0 Å². The summed E-state index contributed by atoms with van der Waals surface area (Å²) in [6, 6.07) is 23.9. The molecule has 1 N–H and O–H groups in total. The van der Waals surface area contributed by atoms with Gasteiger partial charge >= 0.3 is 0 Å². The molecule has 0 heterocycles. The highest BCUT2D eigenvalue weighted by molar-refractivity contribution is 6.05. The van der Waals surface area contributed by atoms with Crippen LogP contribution in [0, 0.1) is 0 Å². The summed E-state index contributed by atoms with van der Waals surface area (Å²) in [6.45, 7) is 3.90. The highest BCUT2D eigenvalue weighted by Gasteiger charge is 2.11. The highest BCUT2D eigenvalue weighted by Crippen LogP contribution is 2.26. The summed E-state index contributed by atoms with van der Waals surface area (Å²) in [5, 5.41) is 2.90. The van der Waals surface area contributed by atoms with Crippen molar-refractivity contribution < 1.29 is 14.3 Å². The van der Waals surface area contributed by atoms with Gasteiger partial charge in [0.2, 0.25) is 0 Å². The molecule has 0 aromatic heterocycles. The van der Waals surface area contributed by atoms with E-state index in [-0.39, 0.29) is 12.0 Å². The largest absolute Gasteiger partial charge is 0.489 e. The molecule has 0 bridgehead atoms. The van der Waals surface area contributed by atoms with Gasteiger partial charge in [-0.3, -0.25) is 4.79 Å². The van der Waals surface area contributed by atoms with Crippen molar-refractivity contribution in [1.29, 1.82) is 0 Å². The fraction of sp³-hybridized carbons (Fsp3) is 0.136. The van der Waals surface area contributed by atoms with Gasteiger partial charge in [0.15, 0.2) is 0 Å². The number of benzene rings is 3. The molecule has 0 aliphatic rings. The first-order chi connectivity index (χ1) is 12.6. The molecule has 0 unspecified atom stereocenters. The monoisotopic (exact) mass is 347 g/mol. The number of para-hydroxylation sites is 3. The molecule has 1 amide bonds. The average Bonchev–Trinajstić information content (AvgIpc) is 2.64. The number of rotatable bonds is 6. The standard InChI is InChI=1S/C22H21NO3/c1-16(2)25-21-11-7-6-10-20(21)23-22(24)17-12-14-19(15-13-17)26-18-8-4-3-5-9-18/h3-16H,1-2H3,(H,23,24). The maximum atomic E-state index is 12.5. The zero-order valence-corrected chi connectivity index (χ0v) is 14.8. The summed E-state index contributed by atoms with van der Waals surface area (Å²) in [5.74, 6) is 1.89. The first-order valence-corrected chi connectivity index (χ1v) is 8.52. The summed E-state index contributed by atoms with van der Waals surface area (Å²) in [6.07, 6.45) is 0.0301. The number of hydrogen-bond donors (Lipinski definition) is 1. The van der Waals surface area contributed by atoms with Gasteiger partial charge in [-0.15, -0.1) is 0 Å².